The van der Waals surface area contributed by atoms with Crippen molar-refractivity contribution in [2.24, 2.45) is 0 Å². The molecule has 32 heavy (non-hydrogen) atoms. The number of aromatic nitrogens is 2. The van der Waals surface area contributed by atoms with Crippen molar-refractivity contribution in [3.8, 4) is 0 Å². The molecule has 1 N–H and O–H groups in total. The van der Waals surface area contributed by atoms with Crippen molar-refractivity contribution in [2.45, 2.75) is 77.5 Å². The summed E-state index contributed by atoms with van der Waals surface area (Å²) in [6.07, 6.45) is 3.26. The Hall–Kier alpha value is -2.40. The molecule has 0 unspecified atom stereocenters. The minimum absolute atomic E-state index is 0.0545. The van der Waals surface area contributed by atoms with E-state index in [-0.39, 0.29) is 37.8 Å². The maximum Gasteiger partial charge on any atom is 0.410 e. The van der Waals surface area contributed by atoms with Crippen molar-refractivity contribution in [1.82, 2.24) is 25.1 Å². The zero-order chi connectivity index (χ0) is 23.3. The van der Waals surface area contributed by atoms with Gasteiger partial charge in [-0.2, -0.15) is 5.06 Å². The van der Waals surface area contributed by atoms with Gasteiger partial charge in [0.05, 0.1) is 19.3 Å². The quantitative estimate of drug-likeness (QED) is 0.536. The van der Waals surface area contributed by atoms with Crippen molar-refractivity contribution in [2.75, 3.05) is 32.8 Å². The lowest BCUT2D eigenvalue weighted by molar-refractivity contribution is -0.130. The van der Waals surface area contributed by atoms with E-state index in [1.807, 2.05) is 0 Å². The first-order valence-corrected chi connectivity index (χ1v) is 11.4. The number of amides is 3. The fourth-order valence-corrected chi connectivity index (χ4v) is 3.84. The van der Waals surface area contributed by atoms with E-state index in [0.29, 0.717) is 31.4 Å². The molecule has 0 aromatic carbocycles. The summed E-state index contributed by atoms with van der Waals surface area (Å²) in [5.41, 5.74) is -0.627. The van der Waals surface area contributed by atoms with E-state index in [4.69, 9.17) is 14.0 Å². The summed E-state index contributed by atoms with van der Waals surface area (Å²) in [6.45, 7) is 8.80. The van der Waals surface area contributed by atoms with Crippen molar-refractivity contribution >= 4 is 12.1 Å². The summed E-state index contributed by atoms with van der Waals surface area (Å²) in [5.74, 6) is 0.768. The average Bonchev–Trinajstić information content (AvgIpc) is 3.29. The summed E-state index contributed by atoms with van der Waals surface area (Å²) in [6, 6.07) is -0.384. The van der Waals surface area contributed by atoms with Gasteiger partial charge in [0.25, 0.3) is 0 Å². The number of ether oxygens (including phenoxy) is 1. The molecule has 0 radical (unpaired) electrons. The molecule has 2 atom stereocenters. The first kappa shape index (κ1) is 24.2. The van der Waals surface area contributed by atoms with Crippen molar-refractivity contribution in [1.29, 1.82) is 0 Å². The Balaban J connectivity index is 1.58. The first-order chi connectivity index (χ1) is 15.2. The van der Waals surface area contributed by atoms with E-state index in [2.05, 4.69) is 17.1 Å². The number of urea groups is 1. The Bertz CT molecular complexity index is 779. The molecule has 2 aliphatic rings. The molecule has 2 bridgehead atoms. The van der Waals surface area contributed by atoms with Crippen LogP contribution in [-0.2, 0) is 16.0 Å². The second kappa shape index (κ2) is 10.5. The molecule has 180 valence electrons. The van der Waals surface area contributed by atoms with Gasteiger partial charge in [0, 0.05) is 26.1 Å². The highest BCUT2D eigenvalue weighted by Gasteiger charge is 2.47. The van der Waals surface area contributed by atoms with Gasteiger partial charge < -0.3 is 24.1 Å². The fourth-order valence-electron chi connectivity index (χ4n) is 3.84. The predicted octanol–water partition coefficient (Wildman–Crippen LogP) is 2.51. The molecule has 2 fully saturated rings. The highest BCUT2D eigenvalue weighted by molar-refractivity contribution is 5.77. The van der Waals surface area contributed by atoms with E-state index < -0.39 is 11.7 Å². The van der Waals surface area contributed by atoms with Crippen LogP contribution in [0.25, 0.3) is 0 Å². The Labute approximate surface area is 188 Å². The number of fused-ring (bicyclic) bond motifs is 2. The number of hydrogen-bond donors (Lipinski definition) is 1. The minimum Gasteiger partial charge on any atom is -0.444 e. The van der Waals surface area contributed by atoms with E-state index >= 15 is 0 Å². The fraction of sp³-hybridized carbons (Fsp3) is 0.810. The van der Waals surface area contributed by atoms with Crippen molar-refractivity contribution in [3.63, 3.8) is 0 Å². The molecular formula is C21H35N5O6. The zero-order valence-corrected chi connectivity index (χ0v) is 19.5. The Morgan fingerprint density at radius 1 is 1.28 bits per heavy atom. The SMILES string of the molecule is CCCCON1C(=O)N2C[C@@H]1CC[C@H]2c1nnc(CCN(CCO)C(=O)OC(C)(C)C)o1. The second-order valence-electron chi connectivity index (χ2n) is 9.17. The molecule has 0 saturated carbocycles. The topological polar surface area (TPSA) is 121 Å². The molecule has 3 rings (SSSR count). The molecule has 1 aromatic heterocycles. The van der Waals surface area contributed by atoms with E-state index in [9.17, 15) is 14.7 Å². The normalized spacial score (nSPS) is 20.7. The van der Waals surface area contributed by atoms with Crippen molar-refractivity contribution in [3.05, 3.63) is 11.8 Å². The Morgan fingerprint density at radius 2 is 2.06 bits per heavy atom. The average molecular weight is 454 g/mol. The van der Waals surface area contributed by atoms with Gasteiger partial charge in [-0.05, 0) is 40.0 Å². The lowest BCUT2D eigenvalue weighted by Crippen LogP contribution is -2.39. The van der Waals surface area contributed by atoms with Gasteiger partial charge in [0.15, 0.2) is 0 Å². The molecule has 0 spiro atoms. The van der Waals surface area contributed by atoms with Crippen LogP contribution in [0.2, 0.25) is 0 Å². The third-order valence-electron chi connectivity index (χ3n) is 5.44. The molecule has 1 aromatic rings. The standard InChI is InChI=1S/C21H35N5O6/c1-5-6-13-30-26-15-7-8-16(25(14-15)19(26)28)18-23-22-17(31-18)9-10-24(11-12-27)20(29)32-21(2,3)4/h15-16,27H,5-14H2,1-4H3/t15-,16-/m0/s1. The maximum atomic E-state index is 12.8. The number of aliphatic hydroxyl groups is 1. The van der Waals surface area contributed by atoms with Gasteiger partial charge in [-0.15, -0.1) is 10.2 Å². The van der Waals surface area contributed by atoms with E-state index in [1.54, 1.807) is 25.7 Å². The lowest BCUT2D eigenvalue weighted by atomic mass is 10.0. The third-order valence-corrected chi connectivity index (χ3v) is 5.44. The van der Waals surface area contributed by atoms with Gasteiger partial charge >= 0.3 is 12.1 Å². The van der Waals surface area contributed by atoms with Crippen LogP contribution in [0.3, 0.4) is 0 Å². The van der Waals surface area contributed by atoms with Gasteiger partial charge in [0.2, 0.25) is 11.8 Å². The highest BCUT2D eigenvalue weighted by atomic mass is 16.7. The monoisotopic (exact) mass is 453 g/mol. The summed E-state index contributed by atoms with van der Waals surface area (Å²) >= 11 is 0. The summed E-state index contributed by atoms with van der Waals surface area (Å²) in [5, 5.41) is 19.0. The summed E-state index contributed by atoms with van der Waals surface area (Å²) in [7, 11) is 0. The summed E-state index contributed by atoms with van der Waals surface area (Å²) < 4.78 is 11.2. The number of nitrogens with zero attached hydrogens (tertiary/aromatic N) is 5. The first-order valence-electron chi connectivity index (χ1n) is 11.4. The molecular weight excluding hydrogens is 418 g/mol. The number of piperidine rings is 1. The van der Waals surface area contributed by atoms with Gasteiger partial charge in [-0.1, -0.05) is 13.3 Å². The molecule has 0 aliphatic carbocycles. The van der Waals surface area contributed by atoms with Crippen LogP contribution in [0.5, 0.6) is 0 Å². The number of carbonyl (C=O) groups excluding carboxylic acids is 2. The Kier molecular flexibility index (Phi) is 7.94. The van der Waals surface area contributed by atoms with Crippen LogP contribution in [0, 0.1) is 0 Å². The maximum absolute atomic E-state index is 12.8. The van der Waals surface area contributed by atoms with Gasteiger partial charge in [-0.25, -0.2) is 9.59 Å². The Morgan fingerprint density at radius 3 is 2.75 bits per heavy atom. The van der Waals surface area contributed by atoms with Crippen molar-refractivity contribution < 1.29 is 28.7 Å². The van der Waals surface area contributed by atoms with Crippen LogP contribution in [0.15, 0.2) is 4.42 Å². The van der Waals surface area contributed by atoms with Gasteiger partial charge in [0.1, 0.15) is 11.6 Å². The highest BCUT2D eigenvalue weighted by Crippen LogP contribution is 2.38. The van der Waals surface area contributed by atoms with Crippen LogP contribution < -0.4 is 0 Å². The van der Waals surface area contributed by atoms with Gasteiger partial charge in [-0.3, -0.25) is 4.84 Å². The second-order valence-corrected chi connectivity index (χ2v) is 9.17. The van der Waals surface area contributed by atoms with Crippen LogP contribution >= 0.6 is 0 Å². The van der Waals surface area contributed by atoms with Crippen LogP contribution in [0.4, 0.5) is 9.59 Å². The third kappa shape index (κ3) is 5.89. The molecule has 11 nitrogen and oxygen atoms in total. The molecule has 3 amide bonds. The lowest BCUT2D eigenvalue weighted by Gasteiger charge is -2.27. The number of aliphatic hydroxyl groups excluding tert-OH is 1. The molecule has 11 heteroatoms. The molecule has 3 heterocycles. The number of carbonyl (C=O) groups is 2. The minimum atomic E-state index is -0.627. The zero-order valence-electron chi connectivity index (χ0n) is 19.5. The molecule has 2 saturated heterocycles. The number of unbranched alkanes of at least 4 members (excludes halogenated alkanes) is 1. The van der Waals surface area contributed by atoms with E-state index in [0.717, 1.165) is 25.7 Å². The smallest absolute Gasteiger partial charge is 0.410 e. The number of rotatable bonds is 10. The summed E-state index contributed by atoms with van der Waals surface area (Å²) in [4.78, 5) is 34.0. The van der Waals surface area contributed by atoms with Crippen LogP contribution in [0.1, 0.15) is 71.2 Å². The number of hydroxylamine groups is 2. The number of hydrogen-bond acceptors (Lipinski definition) is 8. The molecule has 2 aliphatic heterocycles. The predicted molar refractivity (Wildman–Crippen MR) is 113 cm³/mol. The largest absolute Gasteiger partial charge is 0.444 e. The van der Waals surface area contributed by atoms with E-state index in [1.165, 1.54) is 9.96 Å². The van der Waals surface area contributed by atoms with Crippen LogP contribution in [-0.4, -0.2) is 86.8 Å².